The maximum absolute atomic E-state index is 13.1. The zero-order chi connectivity index (χ0) is 20.9. The predicted octanol–water partition coefficient (Wildman–Crippen LogP) is 1.60. The highest BCUT2D eigenvalue weighted by Gasteiger charge is 2.44. The van der Waals surface area contributed by atoms with Crippen LogP contribution < -0.4 is 16.2 Å². The molecule has 3 aliphatic rings. The highest BCUT2D eigenvalue weighted by Crippen LogP contribution is 2.44. The zero-order valence-electron chi connectivity index (χ0n) is 16.8. The van der Waals surface area contributed by atoms with Gasteiger partial charge in [-0.2, -0.15) is 0 Å². The second-order valence-corrected chi connectivity index (χ2v) is 8.55. The second-order valence-electron chi connectivity index (χ2n) is 8.55. The molecule has 0 radical (unpaired) electrons. The average Bonchev–Trinajstić information content (AvgIpc) is 3.33. The van der Waals surface area contributed by atoms with E-state index in [0.29, 0.717) is 38.0 Å². The van der Waals surface area contributed by atoms with Crippen molar-refractivity contribution in [2.24, 2.45) is 0 Å². The molecule has 3 heterocycles. The molecule has 2 amide bonds. The first-order valence-corrected chi connectivity index (χ1v) is 10.6. The van der Waals surface area contributed by atoms with Gasteiger partial charge < -0.3 is 15.5 Å². The monoisotopic (exact) mass is 407 g/mol. The van der Waals surface area contributed by atoms with Crippen LogP contribution in [-0.4, -0.2) is 46.3 Å². The minimum atomic E-state index is -0.168. The van der Waals surface area contributed by atoms with Gasteiger partial charge in [0.15, 0.2) is 0 Å². The Labute approximate surface area is 174 Å². The number of benzene rings is 1. The van der Waals surface area contributed by atoms with E-state index in [1.54, 1.807) is 4.90 Å². The summed E-state index contributed by atoms with van der Waals surface area (Å²) in [4.78, 5) is 48.1. The fourth-order valence-corrected chi connectivity index (χ4v) is 5.20. The Morgan fingerprint density at radius 3 is 2.63 bits per heavy atom. The number of likely N-dealkylation sites (tertiary alicyclic amines) is 1. The molecule has 2 aliphatic heterocycles. The number of amides is 2. The van der Waals surface area contributed by atoms with Crippen molar-refractivity contribution in [1.29, 1.82) is 0 Å². The summed E-state index contributed by atoms with van der Waals surface area (Å²) in [5.74, 6) is 0.253. The quantitative estimate of drug-likeness (QED) is 0.785. The molecule has 2 aromatic rings. The van der Waals surface area contributed by atoms with Crippen LogP contribution in [0.25, 0.3) is 0 Å². The second kappa shape index (κ2) is 6.97. The number of hydrogen-bond donors (Lipinski definition) is 2. The standard InChI is InChI=1S/C22H25N5O3/c23-21-24-18-16(19(29)25-21)6-7-22(18)8-11-26(12-9-22)20(30)14-3-1-4-15(13-14)27-10-2-5-17(27)28/h1,3-4,13H,2,5-12H2,(H3,23,24,25,29). The molecule has 1 spiro atoms. The molecule has 0 atom stereocenters. The molecule has 0 saturated carbocycles. The lowest BCUT2D eigenvalue weighted by molar-refractivity contribution is -0.117. The van der Waals surface area contributed by atoms with E-state index in [2.05, 4.69) is 9.97 Å². The van der Waals surface area contributed by atoms with E-state index in [9.17, 15) is 14.4 Å². The van der Waals surface area contributed by atoms with E-state index in [1.165, 1.54) is 0 Å². The molecular weight excluding hydrogens is 382 g/mol. The van der Waals surface area contributed by atoms with Gasteiger partial charge in [-0.25, -0.2) is 4.98 Å². The van der Waals surface area contributed by atoms with Gasteiger partial charge in [0.05, 0.1) is 5.69 Å². The number of hydrogen-bond acceptors (Lipinski definition) is 5. The third kappa shape index (κ3) is 2.98. The smallest absolute Gasteiger partial charge is 0.255 e. The van der Waals surface area contributed by atoms with Gasteiger partial charge in [-0.1, -0.05) is 6.07 Å². The summed E-state index contributed by atoms with van der Waals surface area (Å²) < 4.78 is 0. The van der Waals surface area contributed by atoms with E-state index >= 15 is 0 Å². The van der Waals surface area contributed by atoms with Crippen LogP contribution in [0.15, 0.2) is 29.1 Å². The van der Waals surface area contributed by atoms with Crippen molar-refractivity contribution in [3.63, 3.8) is 0 Å². The number of rotatable bonds is 2. The Balaban J connectivity index is 1.33. The van der Waals surface area contributed by atoms with E-state index in [1.807, 2.05) is 29.2 Å². The highest BCUT2D eigenvalue weighted by molar-refractivity contribution is 5.99. The van der Waals surface area contributed by atoms with Crippen LogP contribution in [0.1, 0.15) is 53.7 Å². The van der Waals surface area contributed by atoms with Crippen LogP contribution >= 0.6 is 0 Å². The van der Waals surface area contributed by atoms with Gasteiger partial charge in [-0.3, -0.25) is 19.4 Å². The van der Waals surface area contributed by atoms with Gasteiger partial charge in [0.25, 0.3) is 11.5 Å². The van der Waals surface area contributed by atoms with Crippen molar-refractivity contribution >= 4 is 23.5 Å². The lowest BCUT2D eigenvalue weighted by atomic mass is 9.76. The minimum absolute atomic E-state index is 0.0186. The van der Waals surface area contributed by atoms with Crippen LogP contribution in [0.5, 0.6) is 0 Å². The minimum Gasteiger partial charge on any atom is -0.369 e. The molecule has 156 valence electrons. The Morgan fingerprint density at radius 2 is 1.90 bits per heavy atom. The molecule has 2 saturated heterocycles. The van der Waals surface area contributed by atoms with Crippen LogP contribution in [0.3, 0.4) is 0 Å². The number of fused-ring (bicyclic) bond motifs is 2. The summed E-state index contributed by atoms with van der Waals surface area (Å²) in [6.07, 6.45) is 4.54. The first kappa shape index (κ1) is 18.8. The summed E-state index contributed by atoms with van der Waals surface area (Å²) in [6, 6.07) is 7.35. The maximum atomic E-state index is 13.1. The summed E-state index contributed by atoms with van der Waals surface area (Å²) >= 11 is 0. The van der Waals surface area contributed by atoms with E-state index in [-0.39, 0.29) is 28.7 Å². The Hall–Kier alpha value is -3.16. The normalized spacial score (nSPS) is 20.1. The fraction of sp³-hybridized carbons (Fsp3) is 0.455. The highest BCUT2D eigenvalue weighted by atomic mass is 16.2. The number of piperidine rings is 1. The Kier molecular flexibility index (Phi) is 4.38. The summed E-state index contributed by atoms with van der Waals surface area (Å²) in [5, 5.41) is 0. The molecule has 30 heavy (non-hydrogen) atoms. The molecule has 3 N–H and O–H groups in total. The van der Waals surface area contributed by atoms with Gasteiger partial charge in [-0.05, 0) is 50.3 Å². The summed E-state index contributed by atoms with van der Waals surface area (Å²) in [7, 11) is 0. The number of carbonyl (C=O) groups is 2. The number of nitrogen functional groups attached to an aromatic ring is 1. The maximum Gasteiger partial charge on any atom is 0.255 e. The number of carbonyl (C=O) groups excluding carboxylic acids is 2. The fourth-order valence-electron chi connectivity index (χ4n) is 5.20. The number of anilines is 2. The first-order valence-electron chi connectivity index (χ1n) is 10.6. The molecule has 2 fully saturated rings. The molecule has 5 rings (SSSR count). The Bertz CT molecular complexity index is 1080. The number of nitrogens with two attached hydrogens (primary N) is 1. The SMILES string of the molecule is Nc1nc2c(c(=O)[nH]1)CCC21CCN(C(=O)c2cccc(N3CCCC3=O)c2)CC1. The van der Waals surface area contributed by atoms with Crippen LogP contribution in [0.2, 0.25) is 0 Å². The molecule has 1 aromatic carbocycles. The van der Waals surface area contributed by atoms with E-state index < -0.39 is 0 Å². The first-order chi connectivity index (χ1) is 14.5. The average molecular weight is 407 g/mol. The van der Waals surface area contributed by atoms with Crippen LogP contribution in [0, 0.1) is 0 Å². The van der Waals surface area contributed by atoms with Crippen molar-refractivity contribution in [1.82, 2.24) is 14.9 Å². The number of nitrogens with zero attached hydrogens (tertiary/aromatic N) is 3. The van der Waals surface area contributed by atoms with Crippen molar-refractivity contribution in [2.75, 3.05) is 30.3 Å². The molecular formula is C22H25N5O3. The van der Waals surface area contributed by atoms with Gasteiger partial charge in [0, 0.05) is 48.3 Å². The third-order valence-corrected chi connectivity index (χ3v) is 6.88. The lowest BCUT2D eigenvalue weighted by Gasteiger charge is -2.39. The number of H-pyrrole nitrogens is 1. The van der Waals surface area contributed by atoms with Gasteiger partial charge in [0.1, 0.15) is 0 Å². The molecule has 0 bridgehead atoms. The predicted molar refractivity (Wildman–Crippen MR) is 112 cm³/mol. The topological polar surface area (TPSA) is 112 Å². The van der Waals surface area contributed by atoms with E-state index in [4.69, 9.17) is 5.73 Å². The number of nitrogens with one attached hydrogen (secondary N) is 1. The number of aromatic amines is 1. The molecule has 1 aliphatic carbocycles. The van der Waals surface area contributed by atoms with Crippen molar-refractivity contribution in [3.8, 4) is 0 Å². The Morgan fingerprint density at radius 1 is 1.10 bits per heavy atom. The van der Waals surface area contributed by atoms with Crippen molar-refractivity contribution in [3.05, 3.63) is 51.4 Å². The van der Waals surface area contributed by atoms with Crippen LogP contribution in [-0.2, 0) is 16.6 Å². The summed E-state index contributed by atoms with van der Waals surface area (Å²) in [6.45, 7) is 1.93. The van der Waals surface area contributed by atoms with Crippen molar-refractivity contribution in [2.45, 2.75) is 43.9 Å². The van der Waals surface area contributed by atoms with Crippen molar-refractivity contribution < 1.29 is 9.59 Å². The largest absolute Gasteiger partial charge is 0.369 e. The zero-order valence-corrected chi connectivity index (χ0v) is 16.8. The van der Waals surface area contributed by atoms with Gasteiger partial charge in [-0.15, -0.1) is 0 Å². The molecule has 8 heteroatoms. The van der Waals surface area contributed by atoms with Gasteiger partial charge >= 0.3 is 0 Å². The summed E-state index contributed by atoms with van der Waals surface area (Å²) in [5.41, 5.74) is 8.45. The third-order valence-electron chi connectivity index (χ3n) is 6.88. The van der Waals surface area contributed by atoms with Crippen LogP contribution in [0.4, 0.5) is 11.6 Å². The van der Waals surface area contributed by atoms with Gasteiger partial charge in [0.2, 0.25) is 11.9 Å². The molecule has 1 aromatic heterocycles. The number of aromatic nitrogens is 2. The lowest BCUT2D eigenvalue weighted by Crippen LogP contribution is -2.45. The molecule has 8 nitrogen and oxygen atoms in total. The van der Waals surface area contributed by atoms with E-state index in [0.717, 1.165) is 42.6 Å². The molecule has 0 unspecified atom stereocenters.